The molecule has 0 bridgehead atoms. The maximum Gasteiger partial charge on any atom is 0.205 e. The van der Waals surface area contributed by atoms with Gasteiger partial charge in [0, 0.05) is 17.3 Å². The van der Waals surface area contributed by atoms with E-state index in [1.165, 1.54) is 11.3 Å². The van der Waals surface area contributed by atoms with Crippen LogP contribution in [0.3, 0.4) is 0 Å². The van der Waals surface area contributed by atoms with Gasteiger partial charge < -0.3 is 5.73 Å². The Hall–Kier alpha value is -1.27. The average molecular weight is 332 g/mol. The van der Waals surface area contributed by atoms with Crippen molar-refractivity contribution < 1.29 is 13.6 Å². The number of halogens is 3. The maximum absolute atomic E-state index is 13.1. The molecule has 1 aromatic heterocycles. The Morgan fingerprint density at radius 2 is 1.89 bits per heavy atom. The van der Waals surface area contributed by atoms with Crippen LogP contribution < -0.4 is 5.73 Å². The van der Waals surface area contributed by atoms with Crippen molar-refractivity contribution in [3.05, 3.63) is 49.6 Å². The molecule has 2 N–H and O–H groups in total. The molecular formula is C12H8BrF2NOS. The molecule has 0 amide bonds. The highest BCUT2D eigenvalue weighted by atomic mass is 79.9. The van der Waals surface area contributed by atoms with Crippen LogP contribution in [-0.4, -0.2) is 5.78 Å². The minimum Gasteiger partial charge on any atom is -0.398 e. The Bertz CT molecular complexity index is 620. The number of nitrogen functional groups attached to an aromatic ring is 1. The van der Waals surface area contributed by atoms with Crippen LogP contribution in [0, 0.1) is 18.6 Å². The Labute approximate surface area is 115 Å². The van der Waals surface area contributed by atoms with Gasteiger partial charge in [-0.2, -0.15) is 0 Å². The summed E-state index contributed by atoms with van der Waals surface area (Å²) in [5.74, 6) is -2.56. The van der Waals surface area contributed by atoms with Crippen molar-refractivity contribution in [1.82, 2.24) is 0 Å². The number of benzene rings is 1. The smallest absolute Gasteiger partial charge is 0.205 e. The van der Waals surface area contributed by atoms with E-state index >= 15 is 0 Å². The van der Waals surface area contributed by atoms with Gasteiger partial charge in [-0.15, -0.1) is 11.3 Å². The number of aryl methyl sites for hydroxylation is 1. The largest absolute Gasteiger partial charge is 0.398 e. The monoisotopic (exact) mass is 331 g/mol. The molecule has 94 valence electrons. The quantitative estimate of drug-likeness (QED) is 0.669. The summed E-state index contributed by atoms with van der Waals surface area (Å²) < 4.78 is 26.9. The van der Waals surface area contributed by atoms with E-state index in [1.807, 2.05) is 6.92 Å². The second-order valence-corrected chi connectivity index (χ2v) is 6.12. The van der Waals surface area contributed by atoms with Gasteiger partial charge in [0.2, 0.25) is 5.78 Å². The number of thiophene rings is 1. The lowest BCUT2D eigenvalue weighted by Gasteiger charge is -2.04. The fourth-order valence-corrected chi connectivity index (χ4v) is 2.95. The lowest BCUT2D eigenvalue weighted by atomic mass is 10.1. The number of carbonyl (C=O) groups is 1. The summed E-state index contributed by atoms with van der Waals surface area (Å²) in [6, 6.07) is 3.33. The number of carbonyl (C=O) groups excluding carboxylic acids is 1. The molecule has 2 aromatic rings. The standard InChI is InChI=1S/C12H8BrF2NOS/c1-5-2-10(18-12(5)13)11(17)6-3-7(14)8(15)4-9(6)16/h2-4H,16H2,1H3. The highest BCUT2D eigenvalue weighted by Gasteiger charge is 2.18. The first-order valence-corrected chi connectivity index (χ1v) is 6.56. The van der Waals surface area contributed by atoms with E-state index in [2.05, 4.69) is 15.9 Å². The van der Waals surface area contributed by atoms with Crippen molar-refractivity contribution in [1.29, 1.82) is 0 Å². The highest BCUT2D eigenvalue weighted by Crippen LogP contribution is 2.30. The Kier molecular flexibility index (Phi) is 3.49. The second kappa shape index (κ2) is 4.78. The van der Waals surface area contributed by atoms with Gasteiger partial charge in [-0.1, -0.05) is 0 Å². The fraction of sp³-hybridized carbons (Fsp3) is 0.0833. The van der Waals surface area contributed by atoms with Crippen LogP contribution in [0.4, 0.5) is 14.5 Å². The summed E-state index contributed by atoms with van der Waals surface area (Å²) in [6.07, 6.45) is 0. The first-order chi connectivity index (χ1) is 8.40. The second-order valence-electron chi connectivity index (χ2n) is 3.75. The van der Waals surface area contributed by atoms with E-state index in [0.29, 0.717) is 4.88 Å². The van der Waals surface area contributed by atoms with Gasteiger partial charge in [0.1, 0.15) is 0 Å². The van der Waals surface area contributed by atoms with Gasteiger partial charge >= 0.3 is 0 Å². The van der Waals surface area contributed by atoms with E-state index in [9.17, 15) is 13.6 Å². The lowest BCUT2D eigenvalue weighted by Crippen LogP contribution is -2.05. The van der Waals surface area contributed by atoms with Crippen LogP contribution in [0.1, 0.15) is 20.8 Å². The molecule has 0 saturated carbocycles. The minimum atomic E-state index is -1.08. The third-order valence-corrected chi connectivity index (χ3v) is 4.55. The molecule has 0 saturated heterocycles. The molecule has 0 fully saturated rings. The van der Waals surface area contributed by atoms with Crippen molar-refractivity contribution in [2.24, 2.45) is 0 Å². The highest BCUT2D eigenvalue weighted by molar-refractivity contribution is 9.11. The van der Waals surface area contributed by atoms with Gasteiger partial charge in [-0.05, 0) is 40.5 Å². The molecule has 2 rings (SSSR count). The molecule has 2 nitrogen and oxygen atoms in total. The number of anilines is 1. The zero-order chi connectivity index (χ0) is 13.4. The number of hydrogen-bond acceptors (Lipinski definition) is 3. The minimum absolute atomic E-state index is 0.0253. The van der Waals surface area contributed by atoms with Crippen LogP contribution in [0.15, 0.2) is 22.0 Å². The van der Waals surface area contributed by atoms with Crippen LogP contribution in [-0.2, 0) is 0 Å². The summed E-state index contributed by atoms with van der Waals surface area (Å²) in [4.78, 5) is 12.5. The molecule has 18 heavy (non-hydrogen) atoms. The molecule has 0 aliphatic rings. The van der Waals surface area contributed by atoms with Crippen molar-refractivity contribution in [3.8, 4) is 0 Å². The van der Waals surface area contributed by atoms with E-state index in [1.54, 1.807) is 6.07 Å². The van der Waals surface area contributed by atoms with E-state index in [0.717, 1.165) is 21.5 Å². The number of nitrogens with two attached hydrogens (primary N) is 1. The maximum atomic E-state index is 13.1. The zero-order valence-electron chi connectivity index (χ0n) is 9.26. The first-order valence-electron chi connectivity index (χ1n) is 4.95. The predicted octanol–water partition coefficient (Wildman–Crippen LogP) is 3.91. The Morgan fingerprint density at radius 3 is 2.44 bits per heavy atom. The molecule has 0 spiro atoms. The summed E-state index contributed by atoms with van der Waals surface area (Å²) in [5, 5.41) is 0. The molecule has 6 heteroatoms. The van der Waals surface area contributed by atoms with Crippen molar-refractivity contribution in [2.75, 3.05) is 5.73 Å². The summed E-state index contributed by atoms with van der Waals surface area (Å²) >= 11 is 4.53. The zero-order valence-corrected chi connectivity index (χ0v) is 11.7. The van der Waals surface area contributed by atoms with Gasteiger partial charge in [-0.3, -0.25) is 4.79 Å². The summed E-state index contributed by atoms with van der Waals surface area (Å²) in [6.45, 7) is 1.84. The van der Waals surface area contributed by atoms with Gasteiger partial charge in [0.25, 0.3) is 0 Å². The normalized spacial score (nSPS) is 10.7. The molecule has 0 atom stereocenters. The van der Waals surface area contributed by atoms with Crippen LogP contribution >= 0.6 is 27.3 Å². The molecule has 0 unspecified atom stereocenters. The summed E-state index contributed by atoms with van der Waals surface area (Å²) in [7, 11) is 0. The van der Waals surface area contributed by atoms with Crippen LogP contribution in [0.2, 0.25) is 0 Å². The van der Waals surface area contributed by atoms with Gasteiger partial charge in [-0.25, -0.2) is 8.78 Å². The molecule has 0 aliphatic heterocycles. The molecule has 0 aliphatic carbocycles. The number of rotatable bonds is 2. The fourth-order valence-electron chi connectivity index (χ4n) is 1.46. The Morgan fingerprint density at radius 1 is 1.28 bits per heavy atom. The van der Waals surface area contributed by atoms with Crippen molar-refractivity contribution >= 4 is 38.7 Å². The molecule has 1 aromatic carbocycles. The average Bonchev–Trinajstić information content (AvgIpc) is 2.63. The molecular weight excluding hydrogens is 324 g/mol. The van der Waals surface area contributed by atoms with Crippen molar-refractivity contribution in [2.45, 2.75) is 6.92 Å². The van der Waals surface area contributed by atoms with Crippen LogP contribution in [0.25, 0.3) is 0 Å². The number of ketones is 1. The predicted molar refractivity (Wildman–Crippen MR) is 71.0 cm³/mol. The molecule has 0 radical (unpaired) electrons. The first kappa shape index (κ1) is 13.2. The van der Waals surface area contributed by atoms with E-state index in [-0.39, 0.29) is 11.3 Å². The lowest BCUT2D eigenvalue weighted by molar-refractivity contribution is 0.104. The van der Waals surface area contributed by atoms with Gasteiger partial charge in [0.15, 0.2) is 11.6 Å². The Balaban J connectivity index is 2.49. The van der Waals surface area contributed by atoms with E-state index < -0.39 is 17.4 Å². The van der Waals surface area contributed by atoms with E-state index in [4.69, 9.17) is 5.73 Å². The summed E-state index contributed by atoms with van der Waals surface area (Å²) in [5.41, 5.74) is 6.35. The van der Waals surface area contributed by atoms with Crippen molar-refractivity contribution in [3.63, 3.8) is 0 Å². The molecule has 1 heterocycles. The third-order valence-electron chi connectivity index (χ3n) is 2.42. The number of hydrogen-bond donors (Lipinski definition) is 1. The van der Waals surface area contributed by atoms with Crippen LogP contribution in [0.5, 0.6) is 0 Å². The van der Waals surface area contributed by atoms with Gasteiger partial charge in [0.05, 0.1) is 8.66 Å². The third kappa shape index (κ3) is 2.30. The topological polar surface area (TPSA) is 43.1 Å². The SMILES string of the molecule is Cc1cc(C(=O)c2cc(F)c(F)cc2N)sc1Br.